The fourth-order valence-corrected chi connectivity index (χ4v) is 4.94. The van der Waals surface area contributed by atoms with Crippen LogP contribution in [0, 0.1) is 0 Å². The zero-order valence-corrected chi connectivity index (χ0v) is 15.4. The number of urea groups is 1. The zero-order chi connectivity index (χ0) is 17.7. The number of nitrogens with zero attached hydrogens (tertiary/aromatic N) is 2. The lowest BCUT2D eigenvalue weighted by Gasteiger charge is -2.43. The summed E-state index contributed by atoms with van der Waals surface area (Å²) in [6.45, 7) is 4.75. The van der Waals surface area contributed by atoms with E-state index in [-0.39, 0.29) is 16.8 Å². The maximum absolute atomic E-state index is 12.7. The highest BCUT2D eigenvalue weighted by molar-refractivity contribution is 8.00. The second kappa shape index (κ2) is 7.95. The van der Waals surface area contributed by atoms with Crippen LogP contribution in [-0.4, -0.2) is 58.5 Å². The summed E-state index contributed by atoms with van der Waals surface area (Å²) in [7, 11) is 0. The van der Waals surface area contributed by atoms with Crippen molar-refractivity contribution in [1.29, 1.82) is 0 Å². The van der Waals surface area contributed by atoms with Gasteiger partial charge in [0.2, 0.25) is 5.91 Å². The summed E-state index contributed by atoms with van der Waals surface area (Å²) in [5.74, 6) is 1.03. The van der Waals surface area contributed by atoms with E-state index < -0.39 is 0 Å². The van der Waals surface area contributed by atoms with E-state index in [1.165, 1.54) is 0 Å². The third-order valence-electron chi connectivity index (χ3n) is 4.82. The van der Waals surface area contributed by atoms with Crippen molar-refractivity contribution < 1.29 is 9.59 Å². The minimum atomic E-state index is -0.152. The van der Waals surface area contributed by atoms with Gasteiger partial charge < -0.3 is 15.1 Å². The molecule has 1 N–H and O–H groups in total. The number of hydrogen-bond acceptors (Lipinski definition) is 3. The van der Waals surface area contributed by atoms with Crippen LogP contribution in [0.2, 0.25) is 0 Å². The van der Waals surface area contributed by atoms with Gasteiger partial charge in [0.1, 0.15) is 0 Å². The van der Waals surface area contributed by atoms with E-state index >= 15 is 0 Å². The van der Waals surface area contributed by atoms with E-state index in [0.717, 1.165) is 30.7 Å². The number of thioether (sulfide) groups is 1. The number of hydrogen-bond donors (Lipinski definition) is 1. The molecule has 25 heavy (non-hydrogen) atoms. The lowest BCUT2D eigenvalue weighted by molar-refractivity contribution is -0.129. The predicted octanol–water partition coefficient (Wildman–Crippen LogP) is 2.80. The van der Waals surface area contributed by atoms with Crippen molar-refractivity contribution in [2.75, 3.05) is 31.9 Å². The molecule has 2 aliphatic rings. The topological polar surface area (TPSA) is 52.7 Å². The number of likely N-dealkylation sites (tertiary alicyclic amines) is 1. The highest BCUT2D eigenvalue weighted by Crippen LogP contribution is 2.44. The Kier molecular flexibility index (Phi) is 5.68. The fraction of sp³-hybridized carbons (Fsp3) is 0.474. The first-order valence-electron chi connectivity index (χ1n) is 8.86. The highest BCUT2D eigenvalue weighted by atomic mass is 32.2. The Labute approximate surface area is 153 Å². The maximum Gasteiger partial charge on any atom is 0.317 e. The van der Waals surface area contributed by atoms with Crippen molar-refractivity contribution in [3.8, 4) is 0 Å². The van der Waals surface area contributed by atoms with Gasteiger partial charge >= 0.3 is 6.03 Å². The van der Waals surface area contributed by atoms with Crippen LogP contribution in [0.3, 0.4) is 0 Å². The van der Waals surface area contributed by atoms with Crippen LogP contribution < -0.4 is 5.32 Å². The predicted molar refractivity (Wildman–Crippen MR) is 102 cm³/mol. The number of benzene rings is 1. The molecular formula is C19H25N3O2S. The summed E-state index contributed by atoms with van der Waals surface area (Å²) in [6, 6.07) is 9.88. The standard InChI is InChI=1S/C19H25N3O2S/c1-2-20-18(24)21-12-10-19(11-13-21)22(14-15-25-19)17(23)9-8-16-6-4-3-5-7-16/h3-9H,2,10-15H2,1H3,(H,20,24). The Morgan fingerprint density at radius 1 is 1.20 bits per heavy atom. The van der Waals surface area contributed by atoms with E-state index in [2.05, 4.69) is 5.32 Å². The number of piperidine rings is 1. The molecule has 2 heterocycles. The normalized spacial score (nSPS) is 19.6. The molecule has 0 bridgehead atoms. The summed E-state index contributed by atoms with van der Waals surface area (Å²) in [6.07, 6.45) is 5.22. The first-order chi connectivity index (χ1) is 12.1. The van der Waals surface area contributed by atoms with Crippen molar-refractivity contribution in [2.45, 2.75) is 24.6 Å². The molecule has 0 atom stereocenters. The molecular weight excluding hydrogens is 334 g/mol. The van der Waals surface area contributed by atoms with Gasteiger partial charge in [-0.15, -0.1) is 11.8 Å². The first kappa shape index (κ1) is 17.9. The molecule has 3 rings (SSSR count). The molecule has 134 valence electrons. The van der Waals surface area contributed by atoms with Gasteiger partial charge in [0, 0.05) is 38.0 Å². The smallest absolute Gasteiger partial charge is 0.317 e. The Balaban J connectivity index is 1.63. The van der Waals surface area contributed by atoms with E-state index in [1.54, 1.807) is 6.08 Å². The largest absolute Gasteiger partial charge is 0.338 e. The Morgan fingerprint density at radius 3 is 2.60 bits per heavy atom. The summed E-state index contributed by atoms with van der Waals surface area (Å²) in [5, 5.41) is 2.86. The minimum Gasteiger partial charge on any atom is -0.338 e. The van der Waals surface area contributed by atoms with Gasteiger partial charge in [0.15, 0.2) is 0 Å². The summed E-state index contributed by atoms with van der Waals surface area (Å²) in [5.41, 5.74) is 1.03. The van der Waals surface area contributed by atoms with Crippen molar-refractivity contribution in [3.63, 3.8) is 0 Å². The third kappa shape index (κ3) is 4.00. The summed E-state index contributed by atoms with van der Waals surface area (Å²) < 4.78 is 0. The van der Waals surface area contributed by atoms with Crippen LogP contribution in [0.15, 0.2) is 36.4 Å². The monoisotopic (exact) mass is 359 g/mol. The van der Waals surface area contributed by atoms with Crippen LogP contribution in [0.5, 0.6) is 0 Å². The molecule has 1 spiro atoms. The van der Waals surface area contributed by atoms with Crippen molar-refractivity contribution >= 4 is 29.8 Å². The number of nitrogens with one attached hydrogen (secondary N) is 1. The molecule has 5 nitrogen and oxygen atoms in total. The minimum absolute atomic E-state index is 0.00203. The highest BCUT2D eigenvalue weighted by Gasteiger charge is 2.46. The molecule has 1 aromatic carbocycles. The lowest BCUT2D eigenvalue weighted by Crippen LogP contribution is -2.54. The van der Waals surface area contributed by atoms with Gasteiger partial charge in [0.05, 0.1) is 4.87 Å². The van der Waals surface area contributed by atoms with Gasteiger partial charge in [-0.1, -0.05) is 30.3 Å². The second-order valence-electron chi connectivity index (χ2n) is 6.35. The summed E-state index contributed by atoms with van der Waals surface area (Å²) >= 11 is 1.86. The van der Waals surface area contributed by atoms with Crippen molar-refractivity contribution in [3.05, 3.63) is 42.0 Å². The quantitative estimate of drug-likeness (QED) is 0.845. The second-order valence-corrected chi connectivity index (χ2v) is 7.81. The van der Waals surface area contributed by atoms with Crippen molar-refractivity contribution in [2.24, 2.45) is 0 Å². The number of amides is 3. The molecule has 3 amide bonds. The van der Waals surface area contributed by atoms with Crippen LogP contribution in [-0.2, 0) is 4.79 Å². The maximum atomic E-state index is 12.7. The van der Waals surface area contributed by atoms with Gasteiger partial charge in [0.25, 0.3) is 0 Å². The van der Waals surface area contributed by atoms with Gasteiger partial charge in [-0.3, -0.25) is 4.79 Å². The molecule has 0 aromatic heterocycles. The molecule has 6 heteroatoms. The molecule has 2 fully saturated rings. The molecule has 0 unspecified atom stereocenters. The molecule has 0 saturated carbocycles. The van der Waals surface area contributed by atoms with Gasteiger partial charge in [-0.2, -0.15) is 0 Å². The molecule has 0 aliphatic carbocycles. The van der Waals surface area contributed by atoms with Crippen LogP contribution in [0.1, 0.15) is 25.3 Å². The molecule has 2 aliphatic heterocycles. The van der Waals surface area contributed by atoms with E-state index in [4.69, 9.17) is 0 Å². The lowest BCUT2D eigenvalue weighted by atomic mass is 10.0. The summed E-state index contributed by atoms with van der Waals surface area (Å²) in [4.78, 5) is 28.4. The Morgan fingerprint density at radius 2 is 1.92 bits per heavy atom. The van der Waals surface area contributed by atoms with E-state index in [1.807, 2.05) is 64.9 Å². The van der Waals surface area contributed by atoms with Crippen LogP contribution in [0.25, 0.3) is 6.08 Å². The molecule has 2 saturated heterocycles. The third-order valence-corrected chi connectivity index (χ3v) is 6.37. The van der Waals surface area contributed by atoms with E-state index in [9.17, 15) is 9.59 Å². The average Bonchev–Trinajstić information content (AvgIpc) is 3.04. The molecule has 1 aromatic rings. The fourth-order valence-electron chi connectivity index (χ4n) is 3.48. The number of carbonyl (C=O) groups excluding carboxylic acids is 2. The first-order valence-corrected chi connectivity index (χ1v) is 9.85. The van der Waals surface area contributed by atoms with Crippen LogP contribution >= 0.6 is 11.8 Å². The number of carbonyl (C=O) groups is 2. The van der Waals surface area contributed by atoms with Crippen LogP contribution in [0.4, 0.5) is 4.79 Å². The van der Waals surface area contributed by atoms with Crippen molar-refractivity contribution in [1.82, 2.24) is 15.1 Å². The average molecular weight is 359 g/mol. The Bertz CT molecular complexity index is 639. The SMILES string of the molecule is CCNC(=O)N1CCC2(CC1)SCCN2C(=O)C=Cc1ccccc1. The Hall–Kier alpha value is -1.95. The zero-order valence-electron chi connectivity index (χ0n) is 14.6. The molecule has 0 radical (unpaired) electrons. The van der Waals surface area contributed by atoms with E-state index in [0.29, 0.717) is 19.6 Å². The van der Waals surface area contributed by atoms with Gasteiger partial charge in [-0.05, 0) is 31.4 Å². The van der Waals surface area contributed by atoms with Gasteiger partial charge in [-0.25, -0.2) is 4.79 Å². The number of rotatable bonds is 3.